The number of hydrogen-bond acceptors (Lipinski definition) is 4. The number of carbonyl (C=O) groups excluding carboxylic acids is 1. The number of ketones is 1. The molecule has 0 aliphatic rings. The molecule has 0 saturated heterocycles. The fourth-order valence-electron chi connectivity index (χ4n) is 2.09. The molecule has 0 bridgehead atoms. The van der Waals surface area contributed by atoms with Gasteiger partial charge in [-0.3, -0.25) is 14.9 Å². The molecule has 0 heterocycles. The van der Waals surface area contributed by atoms with Crippen LogP contribution >= 0.6 is 0 Å². The van der Waals surface area contributed by atoms with Crippen LogP contribution in [0.25, 0.3) is 0 Å². The number of carbonyl (C=O) groups is 1. The van der Waals surface area contributed by atoms with Crippen molar-refractivity contribution in [1.82, 2.24) is 0 Å². The maximum Gasteiger partial charge on any atom is 0.269 e. The fourth-order valence-corrected chi connectivity index (χ4v) is 2.09. The molecule has 5 nitrogen and oxygen atoms in total. The Kier molecular flexibility index (Phi) is 4.83. The summed E-state index contributed by atoms with van der Waals surface area (Å²) in [6.45, 7) is 1.83. The van der Waals surface area contributed by atoms with Crippen LogP contribution in [-0.4, -0.2) is 17.3 Å². The van der Waals surface area contributed by atoms with Crippen LogP contribution in [-0.2, 0) is 11.2 Å². The topological polar surface area (TPSA) is 72.2 Å². The summed E-state index contributed by atoms with van der Waals surface area (Å²) in [5.41, 5.74) is 1.96. The highest BCUT2D eigenvalue weighted by Gasteiger charge is 2.09. The van der Waals surface area contributed by atoms with Crippen LogP contribution < -0.4 is 5.32 Å². The zero-order chi connectivity index (χ0) is 16.1. The number of rotatable bonds is 6. The summed E-state index contributed by atoms with van der Waals surface area (Å²) in [5.74, 6) is -0.435. The van der Waals surface area contributed by atoms with Gasteiger partial charge in [-0.25, -0.2) is 4.39 Å². The van der Waals surface area contributed by atoms with Crippen molar-refractivity contribution in [3.8, 4) is 0 Å². The Morgan fingerprint density at radius 3 is 2.73 bits per heavy atom. The van der Waals surface area contributed by atoms with Crippen LogP contribution in [0.4, 0.5) is 15.8 Å². The molecule has 0 saturated carbocycles. The number of halogens is 1. The molecular formula is C16H15FN2O3. The number of anilines is 1. The highest BCUT2D eigenvalue weighted by molar-refractivity contribution is 5.85. The Bertz CT molecular complexity index is 716. The molecular weight excluding hydrogens is 287 g/mol. The van der Waals surface area contributed by atoms with Crippen molar-refractivity contribution in [1.29, 1.82) is 0 Å². The van der Waals surface area contributed by atoms with Crippen LogP contribution in [0.5, 0.6) is 0 Å². The summed E-state index contributed by atoms with van der Waals surface area (Å²) in [4.78, 5) is 22.1. The minimum absolute atomic E-state index is 0.0346. The first-order valence-electron chi connectivity index (χ1n) is 6.71. The second-order valence-corrected chi connectivity index (χ2v) is 4.96. The smallest absolute Gasteiger partial charge is 0.269 e. The van der Waals surface area contributed by atoms with Gasteiger partial charge in [0, 0.05) is 24.2 Å². The fraction of sp³-hybridized carbons (Fsp3) is 0.188. The molecule has 0 radical (unpaired) electrons. The Morgan fingerprint density at radius 2 is 2.05 bits per heavy atom. The first-order chi connectivity index (χ1) is 10.5. The molecule has 1 N–H and O–H groups in total. The standard InChI is InChI=1S/C16H15FN2O3/c1-11-7-13(17)5-6-16(11)18-10-15(20)9-12-3-2-4-14(8-12)19(21)22/h2-8,18H,9-10H2,1H3. The normalized spacial score (nSPS) is 10.3. The summed E-state index contributed by atoms with van der Waals surface area (Å²) in [6.07, 6.45) is 0.106. The van der Waals surface area contributed by atoms with Crippen molar-refractivity contribution >= 4 is 17.2 Å². The molecule has 2 rings (SSSR count). The SMILES string of the molecule is Cc1cc(F)ccc1NCC(=O)Cc1cccc([N+](=O)[O-])c1. The molecule has 0 atom stereocenters. The molecule has 0 aromatic heterocycles. The van der Waals surface area contributed by atoms with Gasteiger partial charge in [0.25, 0.3) is 5.69 Å². The van der Waals surface area contributed by atoms with E-state index in [9.17, 15) is 19.3 Å². The number of hydrogen-bond donors (Lipinski definition) is 1. The Morgan fingerprint density at radius 1 is 1.27 bits per heavy atom. The molecule has 0 aliphatic heterocycles. The summed E-state index contributed by atoms with van der Waals surface area (Å²) in [6, 6.07) is 10.3. The summed E-state index contributed by atoms with van der Waals surface area (Å²) < 4.78 is 13.0. The summed E-state index contributed by atoms with van der Waals surface area (Å²) >= 11 is 0. The molecule has 0 spiro atoms. The van der Waals surface area contributed by atoms with Gasteiger partial charge < -0.3 is 5.32 Å². The van der Waals surface area contributed by atoms with Crippen LogP contribution in [0.2, 0.25) is 0 Å². The monoisotopic (exact) mass is 302 g/mol. The minimum atomic E-state index is -0.492. The van der Waals surface area contributed by atoms with Crippen LogP contribution in [0.3, 0.4) is 0 Å². The first kappa shape index (κ1) is 15.6. The predicted molar refractivity (Wildman–Crippen MR) is 81.4 cm³/mol. The van der Waals surface area contributed by atoms with E-state index in [1.807, 2.05) is 0 Å². The van der Waals surface area contributed by atoms with E-state index in [-0.39, 0.29) is 30.3 Å². The molecule has 2 aromatic rings. The molecule has 2 aromatic carbocycles. The van der Waals surface area contributed by atoms with Crippen molar-refractivity contribution in [2.75, 3.05) is 11.9 Å². The van der Waals surface area contributed by atoms with E-state index in [4.69, 9.17) is 0 Å². The number of aryl methyl sites for hydroxylation is 1. The van der Waals surface area contributed by atoms with Crippen molar-refractivity contribution in [2.45, 2.75) is 13.3 Å². The van der Waals surface area contributed by atoms with Crippen LogP contribution in [0, 0.1) is 22.9 Å². The van der Waals surface area contributed by atoms with Gasteiger partial charge in [0.2, 0.25) is 0 Å². The third-order valence-corrected chi connectivity index (χ3v) is 3.19. The second kappa shape index (κ2) is 6.80. The number of nitro groups is 1. The molecule has 0 aliphatic carbocycles. The van der Waals surface area contributed by atoms with Crippen molar-refractivity contribution in [2.24, 2.45) is 0 Å². The number of nitrogens with one attached hydrogen (secondary N) is 1. The maximum atomic E-state index is 13.0. The van der Waals surface area contributed by atoms with E-state index in [0.717, 1.165) is 0 Å². The average molecular weight is 302 g/mol. The molecule has 0 fully saturated rings. The Hall–Kier alpha value is -2.76. The van der Waals surface area contributed by atoms with E-state index < -0.39 is 4.92 Å². The molecule has 6 heteroatoms. The molecule has 114 valence electrons. The highest BCUT2D eigenvalue weighted by atomic mass is 19.1. The van der Waals surface area contributed by atoms with Gasteiger partial charge in [-0.15, -0.1) is 0 Å². The van der Waals surface area contributed by atoms with Gasteiger partial charge in [0.05, 0.1) is 11.5 Å². The first-order valence-corrected chi connectivity index (χ1v) is 6.71. The lowest BCUT2D eigenvalue weighted by atomic mass is 10.1. The third kappa shape index (κ3) is 4.12. The van der Waals surface area contributed by atoms with Gasteiger partial charge in [-0.2, -0.15) is 0 Å². The zero-order valence-electron chi connectivity index (χ0n) is 12.0. The predicted octanol–water partition coefficient (Wildman–Crippen LogP) is 3.27. The van der Waals surface area contributed by atoms with Gasteiger partial charge in [-0.1, -0.05) is 12.1 Å². The molecule has 22 heavy (non-hydrogen) atoms. The second-order valence-electron chi connectivity index (χ2n) is 4.96. The maximum absolute atomic E-state index is 13.0. The van der Waals surface area contributed by atoms with Gasteiger partial charge >= 0.3 is 0 Å². The number of nitrogens with zero attached hydrogens (tertiary/aromatic N) is 1. The van der Waals surface area contributed by atoms with E-state index in [0.29, 0.717) is 16.8 Å². The highest BCUT2D eigenvalue weighted by Crippen LogP contribution is 2.16. The number of benzene rings is 2. The lowest BCUT2D eigenvalue weighted by molar-refractivity contribution is -0.384. The minimum Gasteiger partial charge on any atom is -0.378 e. The van der Waals surface area contributed by atoms with Gasteiger partial charge in [-0.05, 0) is 36.2 Å². The van der Waals surface area contributed by atoms with E-state index >= 15 is 0 Å². The van der Waals surface area contributed by atoms with Crippen LogP contribution in [0.1, 0.15) is 11.1 Å². The summed E-state index contributed by atoms with van der Waals surface area (Å²) in [7, 11) is 0. The third-order valence-electron chi connectivity index (χ3n) is 3.19. The lowest BCUT2D eigenvalue weighted by Crippen LogP contribution is -2.16. The Labute approximate surface area is 126 Å². The average Bonchev–Trinajstić information content (AvgIpc) is 2.46. The largest absolute Gasteiger partial charge is 0.378 e. The number of nitro benzene ring substituents is 1. The lowest BCUT2D eigenvalue weighted by Gasteiger charge is -2.09. The van der Waals surface area contributed by atoms with E-state index in [1.165, 1.54) is 24.3 Å². The zero-order valence-corrected chi connectivity index (χ0v) is 12.0. The van der Waals surface area contributed by atoms with Gasteiger partial charge in [0.1, 0.15) is 5.82 Å². The number of non-ortho nitro benzene ring substituents is 1. The van der Waals surface area contributed by atoms with Crippen molar-refractivity contribution in [3.63, 3.8) is 0 Å². The molecule has 0 amide bonds. The number of Topliss-reactive ketones (excluding diaryl/α,β-unsaturated/α-hetero) is 1. The molecule has 0 unspecified atom stereocenters. The van der Waals surface area contributed by atoms with Crippen LogP contribution in [0.15, 0.2) is 42.5 Å². The van der Waals surface area contributed by atoms with Crippen molar-refractivity contribution in [3.05, 3.63) is 69.5 Å². The van der Waals surface area contributed by atoms with E-state index in [1.54, 1.807) is 25.1 Å². The van der Waals surface area contributed by atoms with E-state index in [2.05, 4.69) is 5.32 Å². The van der Waals surface area contributed by atoms with Gasteiger partial charge in [0.15, 0.2) is 5.78 Å². The Balaban J connectivity index is 1.95. The summed E-state index contributed by atoms with van der Waals surface area (Å²) in [5, 5.41) is 13.6. The van der Waals surface area contributed by atoms with Crippen molar-refractivity contribution < 1.29 is 14.1 Å². The quantitative estimate of drug-likeness (QED) is 0.656.